The Morgan fingerprint density at radius 3 is 2.67 bits per heavy atom. The minimum atomic E-state index is -1.24. The summed E-state index contributed by atoms with van der Waals surface area (Å²) >= 11 is 1.92. The van der Waals surface area contributed by atoms with E-state index in [0.717, 1.165) is 0 Å². The fourth-order valence-electron chi connectivity index (χ4n) is 3.83. The molecule has 4 N–H and O–H groups in total. The van der Waals surface area contributed by atoms with Gasteiger partial charge in [0.1, 0.15) is 6.61 Å². The van der Waals surface area contributed by atoms with Crippen LogP contribution in [-0.4, -0.2) is 61.9 Å². The smallest absolute Gasteiger partial charge is 0.337 e. The number of aliphatic hydroxyl groups excluding tert-OH is 1. The minimum Gasteiger partial charge on any atom is -0.490 e. The molecule has 2 aromatic rings. The molecule has 0 unspecified atom stereocenters. The summed E-state index contributed by atoms with van der Waals surface area (Å²) in [6, 6.07) is 6.56. The van der Waals surface area contributed by atoms with Gasteiger partial charge in [0, 0.05) is 17.3 Å². The van der Waals surface area contributed by atoms with E-state index in [0.29, 0.717) is 38.5 Å². The lowest BCUT2D eigenvalue weighted by Crippen LogP contribution is -2.45. The molecule has 0 bridgehead atoms. The topological polar surface area (TPSA) is 183 Å². The fourth-order valence-corrected chi connectivity index (χ4v) is 4.69. The number of amides is 2. The van der Waals surface area contributed by atoms with E-state index in [2.05, 4.69) is 21.2 Å². The fraction of sp³-hybridized carbons (Fsp3) is 0.320. The molecule has 0 spiro atoms. The lowest BCUT2D eigenvalue weighted by atomic mass is 9.95. The highest BCUT2D eigenvalue weighted by molar-refractivity contribution is 14.1. The molecule has 2 amide bonds. The second-order valence-electron chi connectivity index (χ2n) is 8.23. The van der Waals surface area contributed by atoms with Gasteiger partial charge in [0.15, 0.2) is 17.7 Å². The molecule has 0 aliphatic carbocycles. The molecule has 40 heavy (non-hydrogen) atoms. The van der Waals surface area contributed by atoms with Crippen LogP contribution in [0.5, 0.6) is 17.2 Å². The summed E-state index contributed by atoms with van der Waals surface area (Å²) in [5.74, 6) is 0.180. The first kappa shape index (κ1) is 30.4. The third kappa shape index (κ3) is 7.29. The van der Waals surface area contributed by atoms with Crippen molar-refractivity contribution < 1.29 is 38.6 Å². The number of allylic oxidation sites excluding steroid dienone is 1. The Hall–Kier alpha value is -4.12. The molecule has 2 aromatic carbocycles. The molecule has 15 heteroatoms. The maximum atomic E-state index is 12.4. The SMILES string of the molecule is CCOc1cc([C@H]2NC(=O)NC(C)=C2C(=O)OC)ccc1OC[C@@H](O)N/N=C\c1cc(I)c(OC)c([N+](=O)[O-])c1. The van der Waals surface area contributed by atoms with Gasteiger partial charge in [0.05, 0.1) is 47.1 Å². The van der Waals surface area contributed by atoms with Crippen LogP contribution in [0.2, 0.25) is 0 Å². The van der Waals surface area contributed by atoms with Crippen LogP contribution < -0.4 is 30.3 Å². The van der Waals surface area contributed by atoms with E-state index in [1.807, 2.05) is 22.6 Å². The van der Waals surface area contributed by atoms with Gasteiger partial charge >= 0.3 is 17.7 Å². The van der Waals surface area contributed by atoms with Crippen molar-refractivity contribution in [1.29, 1.82) is 0 Å². The number of nitrogens with zero attached hydrogens (tertiary/aromatic N) is 2. The Labute approximate surface area is 243 Å². The largest absolute Gasteiger partial charge is 0.490 e. The van der Waals surface area contributed by atoms with Crippen LogP contribution in [0.1, 0.15) is 31.0 Å². The molecule has 0 saturated heterocycles. The van der Waals surface area contributed by atoms with Crippen molar-refractivity contribution in [3.05, 3.63) is 66.4 Å². The van der Waals surface area contributed by atoms with E-state index in [1.54, 1.807) is 38.1 Å². The predicted octanol–water partition coefficient (Wildman–Crippen LogP) is 2.73. The number of esters is 1. The van der Waals surface area contributed by atoms with Crippen molar-refractivity contribution in [1.82, 2.24) is 16.1 Å². The Morgan fingerprint density at radius 1 is 1.27 bits per heavy atom. The number of hydrazone groups is 1. The van der Waals surface area contributed by atoms with Crippen molar-refractivity contribution in [3.8, 4) is 17.2 Å². The number of urea groups is 1. The number of nitro groups is 1. The standard InChI is InChI=1S/C25H28IN5O9/c1-5-39-19-10-15(22-21(24(33)38-4)13(2)28-25(34)29-22)6-7-18(19)40-12-20(32)30-27-11-14-8-16(26)23(37-3)17(9-14)31(35)36/h6-11,20,22,30,32H,5,12H2,1-4H3,(H2,28,29,34)/b27-11-/t20-,22-/m1/s1. The molecule has 0 radical (unpaired) electrons. The first-order chi connectivity index (χ1) is 19.1. The molecule has 1 aliphatic rings. The van der Waals surface area contributed by atoms with Gasteiger partial charge in [-0.1, -0.05) is 6.07 Å². The van der Waals surface area contributed by atoms with E-state index >= 15 is 0 Å². The average Bonchev–Trinajstić information content (AvgIpc) is 2.91. The number of ether oxygens (including phenoxy) is 4. The van der Waals surface area contributed by atoms with Gasteiger partial charge in [-0.2, -0.15) is 5.10 Å². The van der Waals surface area contributed by atoms with Crippen molar-refractivity contribution in [2.24, 2.45) is 5.10 Å². The Kier molecular flexibility index (Phi) is 10.5. The first-order valence-corrected chi connectivity index (χ1v) is 12.9. The average molecular weight is 669 g/mol. The van der Waals surface area contributed by atoms with Crippen LogP contribution >= 0.6 is 22.6 Å². The summed E-state index contributed by atoms with van der Waals surface area (Å²) in [6.45, 7) is 3.46. The number of hydrogen-bond donors (Lipinski definition) is 4. The Bertz CT molecular complexity index is 1350. The van der Waals surface area contributed by atoms with E-state index in [-0.39, 0.29) is 23.6 Å². The highest BCUT2D eigenvalue weighted by Gasteiger charge is 2.32. The minimum absolute atomic E-state index is 0.149. The Balaban J connectivity index is 1.71. The number of nitrogens with one attached hydrogen (secondary N) is 3. The van der Waals surface area contributed by atoms with Gasteiger partial charge in [-0.3, -0.25) is 15.5 Å². The van der Waals surface area contributed by atoms with Crippen LogP contribution in [0.3, 0.4) is 0 Å². The number of aliphatic hydroxyl groups is 1. The summed E-state index contributed by atoms with van der Waals surface area (Å²) in [5.41, 5.74) is 3.87. The third-order valence-corrected chi connectivity index (χ3v) is 6.36. The van der Waals surface area contributed by atoms with Crippen molar-refractivity contribution in [3.63, 3.8) is 0 Å². The molecule has 14 nitrogen and oxygen atoms in total. The number of carbonyl (C=O) groups excluding carboxylic acids is 2. The number of methoxy groups -OCH3 is 2. The molecule has 3 rings (SSSR count). The molecule has 0 aromatic heterocycles. The van der Waals surface area contributed by atoms with Gasteiger partial charge in [-0.05, 0) is 60.2 Å². The summed E-state index contributed by atoms with van der Waals surface area (Å²) in [4.78, 5) is 35.2. The summed E-state index contributed by atoms with van der Waals surface area (Å²) < 4.78 is 21.9. The lowest BCUT2D eigenvalue weighted by molar-refractivity contribution is -0.385. The zero-order chi connectivity index (χ0) is 29.4. The molecule has 0 fully saturated rings. The summed E-state index contributed by atoms with van der Waals surface area (Å²) in [6.07, 6.45) is 0.0814. The van der Waals surface area contributed by atoms with E-state index in [4.69, 9.17) is 18.9 Å². The zero-order valence-corrected chi connectivity index (χ0v) is 24.2. The van der Waals surface area contributed by atoms with Crippen molar-refractivity contribution in [2.45, 2.75) is 26.1 Å². The van der Waals surface area contributed by atoms with Gasteiger partial charge in [0.2, 0.25) is 5.75 Å². The second-order valence-corrected chi connectivity index (χ2v) is 9.39. The van der Waals surface area contributed by atoms with Crippen molar-refractivity contribution in [2.75, 3.05) is 27.4 Å². The third-order valence-electron chi connectivity index (χ3n) is 5.56. The van der Waals surface area contributed by atoms with Crippen LogP contribution in [0.4, 0.5) is 10.5 Å². The van der Waals surface area contributed by atoms with E-state index in [9.17, 15) is 24.8 Å². The molecule has 1 aliphatic heterocycles. The predicted molar refractivity (Wildman–Crippen MR) is 151 cm³/mol. The van der Waals surface area contributed by atoms with Gasteiger partial charge in [0.25, 0.3) is 0 Å². The molecular weight excluding hydrogens is 641 g/mol. The monoisotopic (exact) mass is 669 g/mol. The van der Waals surface area contributed by atoms with Gasteiger partial charge in [-0.25, -0.2) is 9.59 Å². The number of benzene rings is 2. The number of halogens is 1. The van der Waals surface area contributed by atoms with Crippen LogP contribution in [0.25, 0.3) is 0 Å². The quantitative estimate of drug-likeness (QED) is 0.0655. The van der Waals surface area contributed by atoms with Crippen LogP contribution in [0.15, 0.2) is 46.7 Å². The molecule has 214 valence electrons. The maximum Gasteiger partial charge on any atom is 0.337 e. The number of rotatable bonds is 12. The summed E-state index contributed by atoms with van der Waals surface area (Å²) in [7, 11) is 2.60. The molecular formula is C25H28IN5O9. The molecule has 1 heterocycles. The van der Waals surface area contributed by atoms with Crippen molar-refractivity contribution >= 4 is 46.5 Å². The van der Waals surface area contributed by atoms with Gasteiger partial charge in [-0.15, -0.1) is 0 Å². The lowest BCUT2D eigenvalue weighted by Gasteiger charge is -2.28. The normalized spacial score (nSPS) is 15.7. The highest BCUT2D eigenvalue weighted by atomic mass is 127. The summed E-state index contributed by atoms with van der Waals surface area (Å²) in [5, 5.41) is 30.8. The zero-order valence-electron chi connectivity index (χ0n) is 22.0. The molecule has 0 saturated carbocycles. The van der Waals surface area contributed by atoms with Crippen LogP contribution in [0, 0.1) is 13.7 Å². The number of hydrogen-bond acceptors (Lipinski definition) is 11. The van der Waals surface area contributed by atoms with Gasteiger partial charge < -0.3 is 34.7 Å². The van der Waals surface area contributed by atoms with E-state index < -0.39 is 29.2 Å². The van der Waals surface area contributed by atoms with E-state index in [1.165, 1.54) is 26.5 Å². The number of nitro benzene ring substituents is 1. The maximum absolute atomic E-state index is 12.4. The highest BCUT2D eigenvalue weighted by Crippen LogP contribution is 2.35. The van der Waals surface area contributed by atoms with Crippen LogP contribution in [-0.2, 0) is 9.53 Å². The second kappa shape index (κ2) is 13.8. The first-order valence-electron chi connectivity index (χ1n) is 11.8. The Morgan fingerprint density at radius 2 is 2.02 bits per heavy atom. The molecule has 2 atom stereocenters. The number of carbonyl (C=O) groups is 2.